The molecule has 2 rings (SSSR count). The Balaban J connectivity index is 2.00. The Labute approximate surface area is 108 Å². The molecule has 2 heterocycles. The van der Waals surface area contributed by atoms with Gasteiger partial charge in [-0.2, -0.15) is 5.10 Å². The summed E-state index contributed by atoms with van der Waals surface area (Å²) in [5, 5.41) is 7.78. The van der Waals surface area contributed by atoms with Gasteiger partial charge in [-0.15, -0.1) is 0 Å². The van der Waals surface area contributed by atoms with Crippen molar-refractivity contribution in [2.45, 2.75) is 39.7 Å². The van der Waals surface area contributed by atoms with Crippen LogP contribution in [0.1, 0.15) is 32.4 Å². The molecule has 1 aromatic heterocycles. The molecule has 0 amide bonds. The molecule has 1 unspecified atom stereocenters. The van der Waals surface area contributed by atoms with Crippen LogP contribution >= 0.6 is 0 Å². The van der Waals surface area contributed by atoms with Gasteiger partial charge in [0.05, 0.1) is 24.8 Å². The Morgan fingerprint density at radius 1 is 1.61 bits per heavy atom. The fourth-order valence-corrected chi connectivity index (χ4v) is 2.15. The van der Waals surface area contributed by atoms with Crippen molar-refractivity contribution in [2.75, 3.05) is 18.5 Å². The van der Waals surface area contributed by atoms with E-state index < -0.39 is 0 Å². The van der Waals surface area contributed by atoms with Crippen LogP contribution in [0.2, 0.25) is 0 Å². The lowest BCUT2D eigenvalue weighted by Crippen LogP contribution is -2.34. The highest BCUT2D eigenvalue weighted by atomic mass is 16.5. The van der Waals surface area contributed by atoms with Gasteiger partial charge in [0.2, 0.25) is 0 Å². The third-order valence-electron chi connectivity index (χ3n) is 3.16. The summed E-state index contributed by atoms with van der Waals surface area (Å²) in [4.78, 5) is 11.7. The normalized spacial score (nSPS) is 18.0. The smallest absolute Gasteiger partial charge is 0.312 e. The zero-order valence-electron chi connectivity index (χ0n) is 11.1. The fraction of sp³-hybridized carbons (Fsp3) is 0.692. The highest BCUT2D eigenvalue weighted by Crippen LogP contribution is 2.20. The molecular formula is C13H21N3O2. The molecule has 0 saturated carbocycles. The van der Waals surface area contributed by atoms with Gasteiger partial charge in [0.1, 0.15) is 5.82 Å². The minimum atomic E-state index is -0.138. The SMILES string of the molecule is CCCCc1cc2n(n1)CC(C(=O)OCC)CN2. The van der Waals surface area contributed by atoms with E-state index >= 15 is 0 Å². The lowest BCUT2D eigenvalue weighted by molar-refractivity contribution is -0.148. The molecule has 18 heavy (non-hydrogen) atoms. The molecule has 1 atom stereocenters. The second-order valence-corrected chi connectivity index (χ2v) is 4.64. The van der Waals surface area contributed by atoms with Crippen molar-refractivity contribution >= 4 is 11.8 Å². The molecule has 5 nitrogen and oxygen atoms in total. The number of esters is 1. The molecular weight excluding hydrogens is 230 g/mol. The zero-order valence-corrected chi connectivity index (χ0v) is 11.1. The number of ether oxygens (including phenoxy) is 1. The number of hydrogen-bond donors (Lipinski definition) is 1. The van der Waals surface area contributed by atoms with E-state index in [-0.39, 0.29) is 11.9 Å². The van der Waals surface area contributed by atoms with Crippen molar-refractivity contribution in [3.05, 3.63) is 11.8 Å². The van der Waals surface area contributed by atoms with Gasteiger partial charge in [-0.1, -0.05) is 13.3 Å². The van der Waals surface area contributed by atoms with Gasteiger partial charge in [-0.05, 0) is 19.8 Å². The molecule has 1 aliphatic heterocycles. The monoisotopic (exact) mass is 251 g/mol. The first kappa shape index (κ1) is 12.9. The van der Waals surface area contributed by atoms with E-state index in [1.807, 2.05) is 11.6 Å². The van der Waals surface area contributed by atoms with Crippen molar-refractivity contribution in [2.24, 2.45) is 5.92 Å². The van der Waals surface area contributed by atoms with Crippen LogP contribution in [0.15, 0.2) is 6.07 Å². The van der Waals surface area contributed by atoms with Gasteiger partial charge in [-0.25, -0.2) is 4.68 Å². The molecule has 1 aromatic rings. The Morgan fingerprint density at radius 3 is 3.17 bits per heavy atom. The van der Waals surface area contributed by atoms with Gasteiger partial charge in [-0.3, -0.25) is 4.79 Å². The van der Waals surface area contributed by atoms with Crippen molar-refractivity contribution in [1.29, 1.82) is 0 Å². The van der Waals surface area contributed by atoms with Crippen LogP contribution in [0.3, 0.4) is 0 Å². The number of aromatic nitrogens is 2. The average molecular weight is 251 g/mol. The predicted molar refractivity (Wildman–Crippen MR) is 69.5 cm³/mol. The lowest BCUT2D eigenvalue weighted by atomic mass is 10.1. The summed E-state index contributed by atoms with van der Waals surface area (Å²) >= 11 is 0. The van der Waals surface area contributed by atoms with Gasteiger partial charge in [0.25, 0.3) is 0 Å². The number of aryl methyl sites for hydroxylation is 1. The number of anilines is 1. The number of nitrogens with one attached hydrogen (secondary N) is 1. The summed E-state index contributed by atoms with van der Waals surface area (Å²) in [5.41, 5.74) is 1.10. The number of rotatable bonds is 5. The number of unbranched alkanes of at least 4 members (excludes halogenated alkanes) is 1. The molecule has 0 fully saturated rings. The Kier molecular flexibility index (Phi) is 4.23. The molecule has 0 bridgehead atoms. The summed E-state index contributed by atoms with van der Waals surface area (Å²) < 4.78 is 6.93. The van der Waals surface area contributed by atoms with Gasteiger partial charge >= 0.3 is 5.97 Å². The summed E-state index contributed by atoms with van der Waals surface area (Å²) in [6.45, 7) is 5.69. The van der Waals surface area contributed by atoms with Crippen LogP contribution < -0.4 is 5.32 Å². The second kappa shape index (κ2) is 5.89. The lowest BCUT2D eigenvalue weighted by Gasteiger charge is -2.23. The van der Waals surface area contributed by atoms with Crippen LogP contribution in [0, 0.1) is 5.92 Å². The third kappa shape index (κ3) is 2.83. The molecule has 0 aromatic carbocycles. The fourth-order valence-electron chi connectivity index (χ4n) is 2.15. The number of carbonyl (C=O) groups is 1. The average Bonchev–Trinajstić information content (AvgIpc) is 2.78. The van der Waals surface area contributed by atoms with Crippen molar-refractivity contribution in [3.8, 4) is 0 Å². The van der Waals surface area contributed by atoms with Crippen LogP contribution in [0.5, 0.6) is 0 Å². The molecule has 1 N–H and O–H groups in total. The first-order chi connectivity index (χ1) is 8.74. The molecule has 0 spiro atoms. The largest absolute Gasteiger partial charge is 0.466 e. The Morgan fingerprint density at radius 2 is 2.44 bits per heavy atom. The van der Waals surface area contributed by atoms with Crippen LogP contribution in [0.4, 0.5) is 5.82 Å². The van der Waals surface area contributed by atoms with E-state index in [2.05, 4.69) is 23.4 Å². The minimum absolute atomic E-state index is 0.128. The Bertz CT molecular complexity index is 414. The number of carbonyl (C=O) groups excluding carboxylic acids is 1. The molecule has 0 aliphatic carbocycles. The van der Waals surface area contributed by atoms with Crippen LogP contribution in [-0.4, -0.2) is 28.9 Å². The standard InChI is InChI=1S/C13H21N3O2/c1-3-5-6-11-7-12-14-8-10(9-16(12)15-11)13(17)18-4-2/h7,10,14H,3-6,8-9H2,1-2H3. The van der Waals surface area contributed by atoms with Crippen molar-refractivity contribution < 1.29 is 9.53 Å². The molecule has 5 heteroatoms. The number of nitrogens with zero attached hydrogens (tertiary/aromatic N) is 2. The van der Waals surface area contributed by atoms with Gasteiger partial charge < -0.3 is 10.1 Å². The van der Waals surface area contributed by atoms with E-state index in [4.69, 9.17) is 4.74 Å². The maximum atomic E-state index is 11.7. The van der Waals surface area contributed by atoms with E-state index in [9.17, 15) is 4.79 Å². The topological polar surface area (TPSA) is 56.2 Å². The maximum absolute atomic E-state index is 11.7. The molecule has 1 aliphatic rings. The van der Waals surface area contributed by atoms with E-state index in [1.165, 1.54) is 6.42 Å². The number of fused-ring (bicyclic) bond motifs is 1. The van der Waals surface area contributed by atoms with Crippen molar-refractivity contribution in [1.82, 2.24) is 9.78 Å². The van der Waals surface area contributed by atoms with Crippen LogP contribution in [-0.2, 0) is 22.5 Å². The molecule has 0 radical (unpaired) electrons. The predicted octanol–water partition coefficient (Wildman–Crippen LogP) is 1.83. The minimum Gasteiger partial charge on any atom is -0.466 e. The quantitative estimate of drug-likeness (QED) is 0.811. The third-order valence-corrected chi connectivity index (χ3v) is 3.16. The second-order valence-electron chi connectivity index (χ2n) is 4.64. The zero-order chi connectivity index (χ0) is 13.0. The van der Waals surface area contributed by atoms with E-state index in [0.717, 1.165) is 24.4 Å². The van der Waals surface area contributed by atoms with Crippen LogP contribution in [0.25, 0.3) is 0 Å². The van der Waals surface area contributed by atoms with E-state index in [0.29, 0.717) is 19.7 Å². The molecule has 100 valence electrons. The summed E-state index contributed by atoms with van der Waals surface area (Å²) in [5.74, 6) is 0.749. The van der Waals surface area contributed by atoms with Gasteiger partial charge in [0.15, 0.2) is 0 Å². The highest BCUT2D eigenvalue weighted by molar-refractivity contribution is 5.73. The summed E-state index contributed by atoms with van der Waals surface area (Å²) in [6, 6.07) is 2.08. The Hall–Kier alpha value is -1.52. The molecule has 0 saturated heterocycles. The first-order valence-electron chi connectivity index (χ1n) is 6.71. The number of hydrogen-bond acceptors (Lipinski definition) is 4. The van der Waals surface area contributed by atoms with Crippen molar-refractivity contribution in [3.63, 3.8) is 0 Å². The summed E-state index contributed by atoms with van der Waals surface area (Å²) in [7, 11) is 0. The van der Waals surface area contributed by atoms with Gasteiger partial charge in [0, 0.05) is 12.6 Å². The maximum Gasteiger partial charge on any atom is 0.312 e. The highest BCUT2D eigenvalue weighted by Gasteiger charge is 2.26. The first-order valence-corrected chi connectivity index (χ1v) is 6.71. The summed E-state index contributed by atoms with van der Waals surface area (Å²) in [6.07, 6.45) is 3.32. The van der Waals surface area contributed by atoms with E-state index in [1.54, 1.807) is 0 Å².